The molecule has 1 aromatic carbocycles. The van der Waals surface area contributed by atoms with Crippen LogP contribution >= 0.6 is 11.6 Å². The molecular weight excluding hydrogens is 316 g/mol. The summed E-state index contributed by atoms with van der Waals surface area (Å²) < 4.78 is 5.59. The van der Waals surface area contributed by atoms with E-state index >= 15 is 0 Å². The van der Waals surface area contributed by atoms with Crippen LogP contribution < -0.4 is 15.4 Å². The van der Waals surface area contributed by atoms with E-state index in [-0.39, 0.29) is 11.2 Å². The Morgan fingerprint density at radius 3 is 2.61 bits per heavy atom. The number of ether oxygens (including phenoxy) is 1. The summed E-state index contributed by atoms with van der Waals surface area (Å²) in [7, 11) is 3.98. The highest BCUT2D eigenvalue weighted by Gasteiger charge is 2.06. The second-order valence-corrected chi connectivity index (χ2v) is 5.46. The van der Waals surface area contributed by atoms with Crippen molar-refractivity contribution in [3.05, 3.63) is 47.7 Å². The fourth-order valence-electron chi connectivity index (χ4n) is 1.74. The molecule has 2 aromatic rings. The predicted molar refractivity (Wildman–Crippen MR) is 92.4 cm³/mol. The van der Waals surface area contributed by atoms with Crippen molar-refractivity contribution in [2.45, 2.75) is 0 Å². The van der Waals surface area contributed by atoms with Crippen molar-refractivity contribution in [1.82, 2.24) is 9.88 Å². The molecule has 2 amide bonds. The van der Waals surface area contributed by atoms with E-state index in [1.165, 1.54) is 0 Å². The zero-order valence-corrected chi connectivity index (χ0v) is 13.8. The summed E-state index contributed by atoms with van der Waals surface area (Å²) in [6, 6.07) is 10.1. The lowest BCUT2D eigenvalue weighted by molar-refractivity contribution is 0.261. The molecule has 0 bridgehead atoms. The molecule has 0 aliphatic heterocycles. The Labute approximate surface area is 140 Å². The molecule has 0 fully saturated rings. The van der Waals surface area contributed by atoms with Crippen LogP contribution in [0.1, 0.15) is 0 Å². The number of nitrogens with zero attached hydrogens (tertiary/aromatic N) is 2. The van der Waals surface area contributed by atoms with Gasteiger partial charge in [0.15, 0.2) is 5.15 Å². The van der Waals surface area contributed by atoms with E-state index in [1.807, 2.05) is 31.1 Å². The highest BCUT2D eigenvalue weighted by atomic mass is 35.5. The van der Waals surface area contributed by atoms with Crippen molar-refractivity contribution in [2.75, 3.05) is 37.9 Å². The summed E-state index contributed by atoms with van der Waals surface area (Å²) in [5.74, 6) is 0.758. The van der Waals surface area contributed by atoms with Crippen LogP contribution in [0.5, 0.6) is 5.75 Å². The first kappa shape index (κ1) is 17.1. The molecule has 2 N–H and O–H groups in total. The average Bonchev–Trinajstić information content (AvgIpc) is 2.51. The number of halogens is 1. The number of aromatic nitrogens is 1. The van der Waals surface area contributed by atoms with Gasteiger partial charge in [-0.3, -0.25) is 0 Å². The Morgan fingerprint density at radius 1 is 1.22 bits per heavy atom. The first-order valence-corrected chi connectivity index (χ1v) is 7.48. The summed E-state index contributed by atoms with van der Waals surface area (Å²) in [6.07, 6.45) is 1.56. The van der Waals surface area contributed by atoms with Crippen molar-refractivity contribution < 1.29 is 9.53 Å². The number of benzene rings is 1. The summed E-state index contributed by atoms with van der Waals surface area (Å²) >= 11 is 5.89. The number of amides is 2. The molecular formula is C16H19ClN4O2. The maximum atomic E-state index is 11.9. The Hall–Kier alpha value is -2.31. The Bertz CT molecular complexity index is 647. The van der Waals surface area contributed by atoms with Gasteiger partial charge in [-0.2, -0.15) is 0 Å². The molecule has 1 aromatic heterocycles. The first-order chi connectivity index (χ1) is 11.0. The lowest BCUT2D eigenvalue weighted by Gasteiger charge is -2.12. The van der Waals surface area contributed by atoms with Gasteiger partial charge in [-0.15, -0.1) is 0 Å². The third kappa shape index (κ3) is 5.77. The third-order valence-corrected chi connectivity index (χ3v) is 3.23. The number of carbonyl (C=O) groups is 1. The van der Waals surface area contributed by atoms with Crippen molar-refractivity contribution in [3.63, 3.8) is 0 Å². The van der Waals surface area contributed by atoms with Gasteiger partial charge in [0.05, 0.1) is 5.69 Å². The number of carbonyl (C=O) groups excluding carboxylic acids is 1. The summed E-state index contributed by atoms with van der Waals surface area (Å²) in [5.41, 5.74) is 1.11. The van der Waals surface area contributed by atoms with Gasteiger partial charge >= 0.3 is 6.03 Å². The molecule has 6 nitrogen and oxygen atoms in total. The van der Waals surface area contributed by atoms with E-state index in [0.29, 0.717) is 18.0 Å². The largest absolute Gasteiger partial charge is 0.492 e. The van der Waals surface area contributed by atoms with Crippen molar-refractivity contribution in [1.29, 1.82) is 0 Å². The fourth-order valence-corrected chi connectivity index (χ4v) is 1.91. The lowest BCUT2D eigenvalue weighted by atomic mass is 10.3. The highest BCUT2D eigenvalue weighted by Crippen LogP contribution is 2.19. The monoisotopic (exact) mass is 334 g/mol. The maximum Gasteiger partial charge on any atom is 0.323 e. The van der Waals surface area contributed by atoms with E-state index in [9.17, 15) is 4.79 Å². The van der Waals surface area contributed by atoms with Gasteiger partial charge in [-0.05, 0) is 50.5 Å². The molecule has 23 heavy (non-hydrogen) atoms. The standard InChI is InChI=1S/C16H19ClN4O2/c1-21(2)10-11-23-13-7-5-12(6-8-13)19-16(22)20-14-4-3-9-18-15(14)17/h3-9H,10-11H2,1-2H3,(H2,19,20,22). The van der Waals surface area contributed by atoms with Gasteiger partial charge in [0.2, 0.25) is 0 Å². The number of likely N-dealkylation sites (N-methyl/N-ethyl adjacent to an activating group) is 1. The SMILES string of the molecule is CN(C)CCOc1ccc(NC(=O)Nc2cccnc2Cl)cc1. The Kier molecular flexibility index (Phi) is 6.19. The second-order valence-electron chi connectivity index (χ2n) is 5.10. The number of anilines is 2. The van der Waals surface area contributed by atoms with Gasteiger partial charge in [-0.25, -0.2) is 9.78 Å². The van der Waals surface area contributed by atoms with Gasteiger partial charge in [0.25, 0.3) is 0 Å². The Balaban J connectivity index is 1.85. The van der Waals surface area contributed by atoms with Crippen LogP contribution in [0, 0.1) is 0 Å². The molecule has 0 aliphatic carbocycles. The van der Waals surface area contributed by atoms with Gasteiger partial charge in [0.1, 0.15) is 12.4 Å². The first-order valence-electron chi connectivity index (χ1n) is 7.11. The van der Waals surface area contributed by atoms with Crippen LogP contribution in [-0.2, 0) is 0 Å². The molecule has 0 atom stereocenters. The van der Waals surface area contributed by atoms with E-state index in [4.69, 9.17) is 16.3 Å². The zero-order chi connectivity index (χ0) is 16.7. The van der Waals surface area contributed by atoms with Gasteiger partial charge in [-0.1, -0.05) is 11.6 Å². The average molecular weight is 335 g/mol. The van der Waals surface area contributed by atoms with Crippen LogP contribution in [0.25, 0.3) is 0 Å². The highest BCUT2D eigenvalue weighted by molar-refractivity contribution is 6.32. The number of nitrogens with one attached hydrogen (secondary N) is 2. The summed E-state index contributed by atoms with van der Waals surface area (Å²) in [6.45, 7) is 1.45. The number of hydrogen-bond donors (Lipinski definition) is 2. The number of hydrogen-bond acceptors (Lipinski definition) is 4. The minimum Gasteiger partial charge on any atom is -0.492 e. The quantitative estimate of drug-likeness (QED) is 0.795. The molecule has 0 unspecified atom stereocenters. The molecule has 0 saturated carbocycles. The van der Waals surface area contributed by atoms with Gasteiger partial charge < -0.3 is 20.3 Å². The van der Waals surface area contributed by atoms with Crippen LogP contribution in [0.4, 0.5) is 16.2 Å². The fraction of sp³-hybridized carbons (Fsp3) is 0.250. The van der Waals surface area contributed by atoms with E-state index in [0.717, 1.165) is 12.3 Å². The smallest absolute Gasteiger partial charge is 0.323 e. The Morgan fingerprint density at radius 2 is 1.96 bits per heavy atom. The minimum absolute atomic E-state index is 0.243. The molecule has 122 valence electrons. The van der Waals surface area contributed by atoms with Crippen LogP contribution in [0.15, 0.2) is 42.6 Å². The summed E-state index contributed by atoms with van der Waals surface area (Å²) in [4.78, 5) is 17.9. The van der Waals surface area contributed by atoms with Crippen molar-refractivity contribution in [2.24, 2.45) is 0 Å². The van der Waals surface area contributed by atoms with E-state index in [2.05, 4.69) is 15.6 Å². The van der Waals surface area contributed by atoms with Crippen LogP contribution in [-0.4, -0.2) is 43.2 Å². The predicted octanol–water partition coefficient (Wildman–Crippen LogP) is 3.32. The minimum atomic E-state index is -0.388. The molecule has 0 radical (unpaired) electrons. The zero-order valence-electron chi connectivity index (χ0n) is 13.0. The summed E-state index contributed by atoms with van der Waals surface area (Å²) in [5, 5.41) is 5.60. The number of rotatable bonds is 6. The third-order valence-electron chi connectivity index (χ3n) is 2.93. The topological polar surface area (TPSA) is 66.5 Å². The van der Waals surface area contributed by atoms with E-state index in [1.54, 1.807) is 30.5 Å². The lowest BCUT2D eigenvalue weighted by Crippen LogP contribution is -2.20. The molecule has 2 rings (SSSR count). The van der Waals surface area contributed by atoms with Crippen LogP contribution in [0.2, 0.25) is 5.15 Å². The second kappa shape index (κ2) is 8.36. The van der Waals surface area contributed by atoms with E-state index < -0.39 is 0 Å². The molecule has 7 heteroatoms. The normalized spacial score (nSPS) is 10.4. The van der Waals surface area contributed by atoms with Crippen molar-refractivity contribution in [3.8, 4) is 5.75 Å². The molecule has 0 aliphatic rings. The van der Waals surface area contributed by atoms with Crippen molar-refractivity contribution >= 4 is 29.0 Å². The maximum absolute atomic E-state index is 11.9. The van der Waals surface area contributed by atoms with Crippen LogP contribution in [0.3, 0.4) is 0 Å². The molecule has 0 spiro atoms. The number of pyridine rings is 1. The molecule has 0 saturated heterocycles. The van der Waals surface area contributed by atoms with Gasteiger partial charge in [0, 0.05) is 18.4 Å². The number of urea groups is 1. The molecule has 1 heterocycles.